The molecule has 0 saturated carbocycles. The van der Waals surface area contributed by atoms with Crippen LogP contribution in [0.25, 0.3) is 6.08 Å². The molecule has 0 atom stereocenters. The lowest BCUT2D eigenvalue weighted by Gasteiger charge is -2.09. The number of hydrogen-bond acceptors (Lipinski definition) is 4. The molecule has 0 bridgehead atoms. The molecule has 0 fully saturated rings. The summed E-state index contributed by atoms with van der Waals surface area (Å²) in [6, 6.07) is 5.52. The number of nitrogens with one attached hydrogen (secondary N) is 1. The highest BCUT2D eigenvalue weighted by molar-refractivity contribution is 6.02. The first-order valence-electron chi connectivity index (χ1n) is 7.76. The Morgan fingerprint density at radius 1 is 1.33 bits per heavy atom. The van der Waals surface area contributed by atoms with Crippen molar-refractivity contribution in [3.05, 3.63) is 41.2 Å². The quantitative estimate of drug-likeness (QED) is 0.827. The van der Waals surface area contributed by atoms with E-state index in [1.54, 1.807) is 17.9 Å². The van der Waals surface area contributed by atoms with Gasteiger partial charge in [0, 0.05) is 13.1 Å². The minimum Gasteiger partial charge on any atom is -0.493 e. The first-order chi connectivity index (χ1) is 11.5. The zero-order chi connectivity index (χ0) is 17.7. The smallest absolute Gasteiger partial charge is 0.248 e. The van der Waals surface area contributed by atoms with Gasteiger partial charge >= 0.3 is 0 Å². The van der Waals surface area contributed by atoms with Gasteiger partial charge in [-0.1, -0.05) is 6.07 Å². The molecule has 0 aliphatic heterocycles. The van der Waals surface area contributed by atoms with Crippen LogP contribution in [0.15, 0.2) is 24.3 Å². The van der Waals surface area contributed by atoms with Crippen molar-refractivity contribution in [1.29, 1.82) is 0 Å². The molecule has 0 aliphatic carbocycles. The van der Waals surface area contributed by atoms with E-state index < -0.39 is 0 Å². The lowest BCUT2D eigenvalue weighted by Crippen LogP contribution is -2.09. The predicted molar refractivity (Wildman–Crippen MR) is 94.5 cm³/mol. The summed E-state index contributed by atoms with van der Waals surface area (Å²) in [5, 5.41) is 7.15. The Morgan fingerprint density at radius 3 is 2.67 bits per heavy atom. The summed E-state index contributed by atoms with van der Waals surface area (Å²) < 4.78 is 12.5. The van der Waals surface area contributed by atoms with Gasteiger partial charge in [-0.15, -0.1) is 0 Å². The Hall–Kier alpha value is -2.76. The zero-order valence-electron chi connectivity index (χ0n) is 14.7. The first-order valence-corrected chi connectivity index (χ1v) is 7.76. The molecule has 2 aromatic rings. The van der Waals surface area contributed by atoms with E-state index in [0.717, 1.165) is 22.6 Å². The van der Waals surface area contributed by atoms with Crippen LogP contribution in [0.5, 0.6) is 11.5 Å². The van der Waals surface area contributed by atoms with Gasteiger partial charge in [-0.05, 0) is 44.5 Å². The second-order valence-electron chi connectivity index (χ2n) is 5.34. The van der Waals surface area contributed by atoms with Crippen LogP contribution in [0, 0.1) is 13.8 Å². The molecule has 128 valence electrons. The Balaban J connectivity index is 2.12. The van der Waals surface area contributed by atoms with Crippen LogP contribution < -0.4 is 14.8 Å². The van der Waals surface area contributed by atoms with Crippen LogP contribution in [-0.4, -0.2) is 29.4 Å². The summed E-state index contributed by atoms with van der Waals surface area (Å²) in [4.78, 5) is 12.1. The third kappa shape index (κ3) is 3.95. The number of methoxy groups -OCH3 is 1. The van der Waals surface area contributed by atoms with Crippen molar-refractivity contribution in [2.24, 2.45) is 7.05 Å². The lowest BCUT2D eigenvalue weighted by atomic mass is 10.2. The summed E-state index contributed by atoms with van der Waals surface area (Å²) in [5.74, 6) is 1.12. The predicted octanol–water partition coefficient (Wildman–Crippen LogP) is 3.10. The molecule has 24 heavy (non-hydrogen) atoms. The number of carbonyl (C=O) groups is 1. The number of anilines is 1. The van der Waals surface area contributed by atoms with E-state index >= 15 is 0 Å². The highest BCUT2D eigenvalue weighted by Gasteiger charge is 2.11. The van der Waals surface area contributed by atoms with Gasteiger partial charge in [0.2, 0.25) is 5.91 Å². The minimum absolute atomic E-state index is 0.206. The largest absolute Gasteiger partial charge is 0.493 e. The van der Waals surface area contributed by atoms with Crippen molar-refractivity contribution < 1.29 is 14.3 Å². The number of rotatable bonds is 6. The normalized spacial score (nSPS) is 10.9. The van der Waals surface area contributed by atoms with E-state index in [-0.39, 0.29) is 5.91 Å². The molecule has 0 radical (unpaired) electrons. The molecule has 6 heteroatoms. The molecule has 1 amide bonds. The molecular weight excluding hydrogens is 306 g/mol. The SMILES string of the molecule is CCOc1cc(/C=C/C(=O)Nc2c(C)nn(C)c2C)ccc1OC. The van der Waals surface area contributed by atoms with Crippen LogP contribution in [0.3, 0.4) is 0 Å². The van der Waals surface area contributed by atoms with Gasteiger partial charge in [-0.25, -0.2) is 0 Å². The van der Waals surface area contributed by atoms with Crippen LogP contribution in [0.4, 0.5) is 5.69 Å². The maximum absolute atomic E-state index is 12.1. The molecule has 1 aromatic heterocycles. The Morgan fingerprint density at radius 2 is 2.08 bits per heavy atom. The second-order valence-corrected chi connectivity index (χ2v) is 5.34. The van der Waals surface area contributed by atoms with E-state index in [2.05, 4.69) is 10.4 Å². The molecule has 0 spiro atoms. The van der Waals surface area contributed by atoms with Gasteiger partial charge < -0.3 is 14.8 Å². The van der Waals surface area contributed by atoms with Gasteiger partial charge in [-0.2, -0.15) is 5.10 Å². The number of hydrogen-bond donors (Lipinski definition) is 1. The summed E-state index contributed by atoms with van der Waals surface area (Å²) >= 11 is 0. The van der Waals surface area contributed by atoms with Crippen molar-refractivity contribution >= 4 is 17.7 Å². The van der Waals surface area contributed by atoms with E-state index in [0.29, 0.717) is 18.1 Å². The monoisotopic (exact) mass is 329 g/mol. The average molecular weight is 329 g/mol. The third-order valence-corrected chi connectivity index (χ3v) is 3.67. The average Bonchev–Trinajstić information content (AvgIpc) is 2.80. The maximum Gasteiger partial charge on any atom is 0.248 e. The number of aryl methyl sites for hydroxylation is 2. The van der Waals surface area contributed by atoms with Crippen molar-refractivity contribution in [2.45, 2.75) is 20.8 Å². The fourth-order valence-corrected chi connectivity index (χ4v) is 2.36. The van der Waals surface area contributed by atoms with Crippen LogP contribution >= 0.6 is 0 Å². The Kier molecular flexibility index (Phi) is 5.63. The third-order valence-electron chi connectivity index (χ3n) is 3.67. The van der Waals surface area contributed by atoms with Crippen LogP contribution in [-0.2, 0) is 11.8 Å². The minimum atomic E-state index is -0.206. The number of ether oxygens (including phenoxy) is 2. The summed E-state index contributed by atoms with van der Waals surface area (Å²) in [5.41, 5.74) is 3.31. The Labute approximate surface area is 142 Å². The highest BCUT2D eigenvalue weighted by Crippen LogP contribution is 2.28. The number of nitrogens with zero attached hydrogens (tertiary/aromatic N) is 2. The van der Waals surface area contributed by atoms with E-state index in [9.17, 15) is 4.79 Å². The molecule has 1 heterocycles. The van der Waals surface area contributed by atoms with Gasteiger partial charge in [0.25, 0.3) is 0 Å². The number of amides is 1. The summed E-state index contributed by atoms with van der Waals surface area (Å²) in [6.07, 6.45) is 3.22. The van der Waals surface area contributed by atoms with Gasteiger partial charge in [0.15, 0.2) is 11.5 Å². The van der Waals surface area contributed by atoms with Gasteiger partial charge in [-0.3, -0.25) is 9.48 Å². The van der Waals surface area contributed by atoms with Crippen LogP contribution in [0.2, 0.25) is 0 Å². The topological polar surface area (TPSA) is 65.4 Å². The van der Waals surface area contributed by atoms with E-state index in [1.165, 1.54) is 6.08 Å². The van der Waals surface area contributed by atoms with Gasteiger partial charge in [0.05, 0.1) is 30.8 Å². The standard InChI is InChI=1S/C18H23N3O3/c1-6-24-16-11-14(7-9-15(16)23-5)8-10-17(22)19-18-12(2)20-21(4)13(18)3/h7-11H,6H2,1-5H3,(H,19,22)/b10-8+. The van der Waals surface area contributed by atoms with Crippen molar-refractivity contribution in [3.8, 4) is 11.5 Å². The number of carbonyl (C=O) groups excluding carboxylic acids is 1. The maximum atomic E-state index is 12.1. The van der Waals surface area contributed by atoms with Crippen molar-refractivity contribution in [1.82, 2.24) is 9.78 Å². The molecule has 6 nitrogen and oxygen atoms in total. The summed E-state index contributed by atoms with van der Waals surface area (Å²) in [7, 11) is 3.44. The second kappa shape index (κ2) is 7.68. The van der Waals surface area contributed by atoms with E-state index in [1.807, 2.05) is 46.0 Å². The molecule has 0 saturated heterocycles. The van der Waals surface area contributed by atoms with Crippen molar-refractivity contribution in [2.75, 3.05) is 19.0 Å². The number of benzene rings is 1. The number of aromatic nitrogens is 2. The molecule has 0 aliphatic rings. The Bertz CT molecular complexity index is 763. The lowest BCUT2D eigenvalue weighted by molar-refractivity contribution is -0.111. The molecule has 0 unspecified atom stereocenters. The fraction of sp³-hybridized carbons (Fsp3) is 0.333. The molecule has 1 aromatic carbocycles. The molecule has 1 N–H and O–H groups in total. The van der Waals surface area contributed by atoms with Crippen LogP contribution in [0.1, 0.15) is 23.9 Å². The summed E-state index contributed by atoms with van der Waals surface area (Å²) in [6.45, 7) is 6.23. The highest BCUT2D eigenvalue weighted by atomic mass is 16.5. The first kappa shape index (κ1) is 17.6. The van der Waals surface area contributed by atoms with Crippen molar-refractivity contribution in [3.63, 3.8) is 0 Å². The molecule has 2 rings (SSSR count). The molecular formula is C18H23N3O3. The van der Waals surface area contributed by atoms with E-state index in [4.69, 9.17) is 9.47 Å². The van der Waals surface area contributed by atoms with Gasteiger partial charge in [0.1, 0.15) is 0 Å². The fourth-order valence-electron chi connectivity index (χ4n) is 2.36. The zero-order valence-corrected chi connectivity index (χ0v) is 14.7.